The molecule has 4 aliphatic rings. The van der Waals surface area contributed by atoms with Gasteiger partial charge < -0.3 is 52.8 Å². The van der Waals surface area contributed by atoms with Gasteiger partial charge in [-0.25, -0.2) is 24.9 Å². The van der Waals surface area contributed by atoms with Gasteiger partial charge >= 0.3 is 0 Å². The summed E-state index contributed by atoms with van der Waals surface area (Å²) in [6.07, 6.45) is 8.18. The number of likely N-dealkylation sites (tertiary alicyclic amines) is 2. The third-order valence-corrected chi connectivity index (χ3v) is 12.5. The molecule has 0 radical (unpaired) electrons. The first-order valence-corrected chi connectivity index (χ1v) is 23.9. The lowest BCUT2D eigenvalue weighted by Gasteiger charge is -2.29. The van der Waals surface area contributed by atoms with Crippen LogP contribution in [0.5, 0.6) is 0 Å². The highest BCUT2D eigenvalue weighted by atomic mass is 35.5. The number of benzene rings is 2. The van der Waals surface area contributed by atoms with E-state index >= 15 is 0 Å². The van der Waals surface area contributed by atoms with E-state index in [0.717, 1.165) is 91.7 Å². The molecular weight excluding hydrogens is 930 g/mol. The van der Waals surface area contributed by atoms with E-state index in [4.69, 9.17) is 44.6 Å². The molecule has 0 aliphatic carbocycles. The minimum Gasteiger partial charge on any atom is -0.383 e. The molecule has 20 heteroatoms. The molecule has 70 heavy (non-hydrogen) atoms. The van der Waals surface area contributed by atoms with Gasteiger partial charge in [0.15, 0.2) is 11.7 Å². The van der Waals surface area contributed by atoms with Crippen molar-refractivity contribution in [3.05, 3.63) is 111 Å². The number of aromatic nitrogens is 4. The van der Waals surface area contributed by atoms with Crippen LogP contribution in [0.15, 0.2) is 83.6 Å². The molecular formula is C50H61Cl2N15O3. The number of anilines is 6. The maximum absolute atomic E-state index is 12.3. The van der Waals surface area contributed by atoms with Gasteiger partial charge in [-0.3, -0.25) is 14.4 Å². The molecule has 0 atom stereocenters. The van der Waals surface area contributed by atoms with Gasteiger partial charge in [0.1, 0.15) is 11.6 Å². The predicted molar refractivity (Wildman–Crippen MR) is 281 cm³/mol. The highest BCUT2D eigenvalue weighted by molar-refractivity contribution is 6.32. The average molecular weight is 991 g/mol. The van der Waals surface area contributed by atoms with E-state index in [2.05, 4.69) is 65.4 Å². The van der Waals surface area contributed by atoms with Gasteiger partial charge in [-0.05, 0) is 140 Å². The molecule has 2 aromatic carbocycles. The van der Waals surface area contributed by atoms with E-state index in [1.807, 2.05) is 58.3 Å². The smallest absolute Gasteiger partial charge is 0.229 e. The van der Waals surface area contributed by atoms with E-state index in [0.29, 0.717) is 62.0 Å². The average Bonchev–Trinajstić information content (AvgIpc) is 3.51. The number of guanidine groups is 1. The molecule has 2 fully saturated rings. The number of hydrogen-bond donors (Lipinski definition) is 7. The highest BCUT2D eigenvalue weighted by Gasteiger charge is 2.25. The predicted octanol–water partition coefficient (Wildman–Crippen LogP) is 7.36. The van der Waals surface area contributed by atoms with E-state index in [1.54, 1.807) is 47.6 Å². The molecule has 3 aromatic heterocycles. The number of aliphatic imine (C=N–C) groups is 1. The molecule has 9 N–H and O–H groups in total. The summed E-state index contributed by atoms with van der Waals surface area (Å²) < 4.78 is 0. The SMILES string of the molecule is CN(C)/C=C1\CC(=O)Nc2cc(Cl)ccc2C1=O.Cc1nc(NC2CCN(C)CC2)ccc1N=C(N)N.Cc1nc(NC2CCN(C)CC2)ccc1Nc1ncc2c(n1)-c1ccc(Cl)cc1NC(=O)C2. The highest BCUT2D eigenvalue weighted by Crippen LogP contribution is 2.35. The van der Waals surface area contributed by atoms with Gasteiger partial charge in [0, 0.05) is 70.9 Å². The number of Topliss-reactive ketones (excluding diaryl/α,β-unsaturated/α-hetero) is 1. The van der Waals surface area contributed by atoms with Crippen LogP contribution < -0.4 is 38.1 Å². The Morgan fingerprint density at radius 2 is 1.29 bits per heavy atom. The molecule has 0 unspecified atom stereocenters. The number of carbonyl (C=O) groups excluding carboxylic acids is 3. The molecule has 368 valence electrons. The summed E-state index contributed by atoms with van der Waals surface area (Å²) in [6, 6.07) is 19.0. The fourth-order valence-corrected chi connectivity index (χ4v) is 8.73. The van der Waals surface area contributed by atoms with Crippen LogP contribution in [0.4, 0.5) is 40.3 Å². The number of amides is 2. The van der Waals surface area contributed by atoms with Crippen LogP contribution >= 0.6 is 23.2 Å². The van der Waals surface area contributed by atoms with Gasteiger partial charge in [-0.15, -0.1) is 0 Å². The van der Waals surface area contributed by atoms with Gasteiger partial charge in [0.05, 0.1) is 52.7 Å². The minimum absolute atomic E-state index is 0.0564. The monoisotopic (exact) mass is 989 g/mol. The number of piperidine rings is 2. The lowest BCUT2D eigenvalue weighted by Crippen LogP contribution is -2.36. The lowest BCUT2D eigenvalue weighted by molar-refractivity contribution is -0.116. The van der Waals surface area contributed by atoms with Crippen LogP contribution in [0.1, 0.15) is 59.4 Å². The first-order chi connectivity index (χ1) is 33.5. The number of aryl methyl sites for hydroxylation is 2. The number of carbonyl (C=O) groups is 3. The van der Waals surface area contributed by atoms with Crippen LogP contribution in [-0.4, -0.2) is 125 Å². The van der Waals surface area contributed by atoms with Crippen molar-refractivity contribution in [2.24, 2.45) is 16.5 Å². The van der Waals surface area contributed by atoms with Gasteiger partial charge in [0.2, 0.25) is 17.8 Å². The Kier molecular flexibility index (Phi) is 16.9. The third kappa shape index (κ3) is 13.9. The quantitative estimate of drug-likeness (QED) is 0.0457. The molecule has 2 saturated heterocycles. The second-order valence-electron chi connectivity index (χ2n) is 18.1. The van der Waals surface area contributed by atoms with Crippen LogP contribution in [0, 0.1) is 13.8 Å². The number of nitrogens with zero attached hydrogens (tertiary/aromatic N) is 8. The summed E-state index contributed by atoms with van der Waals surface area (Å²) in [6.45, 7) is 8.32. The maximum atomic E-state index is 12.3. The fraction of sp³-hybridized carbons (Fsp3) is 0.360. The van der Waals surface area contributed by atoms with E-state index in [1.165, 1.54) is 0 Å². The Hall–Kier alpha value is -6.86. The molecule has 0 spiro atoms. The number of fused-ring (bicyclic) bond motifs is 4. The van der Waals surface area contributed by atoms with Crippen LogP contribution in [0.25, 0.3) is 11.3 Å². The lowest BCUT2D eigenvalue weighted by atomic mass is 10.0. The van der Waals surface area contributed by atoms with Crippen molar-refractivity contribution >= 4 is 87.1 Å². The topological polar surface area (TPSA) is 237 Å². The summed E-state index contributed by atoms with van der Waals surface area (Å²) in [4.78, 5) is 65.2. The van der Waals surface area contributed by atoms with Crippen molar-refractivity contribution in [1.82, 2.24) is 34.6 Å². The molecule has 9 rings (SSSR count). The normalized spacial score (nSPS) is 16.8. The number of hydrogen-bond acceptors (Lipinski definition) is 14. The largest absolute Gasteiger partial charge is 0.383 e. The molecule has 7 heterocycles. The summed E-state index contributed by atoms with van der Waals surface area (Å²) in [7, 11) is 7.94. The zero-order valence-corrected chi connectivity index (χ0v) is 41.9. The Morgan fingerprint density at radius 1 is 0.743 bits per heavy atom. The fourth-order valence-electron chi connectivity index (χ4n) is 8.39. The summed E-state index contributed by atoms with van der Waals surface area (Å²) in [5.41, 5.74) is 18.3. The second kappa shape index (κ2) is 23.2. The molecule has 0 bridgehead atoms. The molecule has 4 aliphatic heterocycles. The Bertz CT molecular complexity index is 2780. The van der Waals surface area contributed by atoms with Crippen molar-refractivity contribution in [2.75, 3.05) is 81.0 Å². The van der Waals surface area contributed by atoms with Gasteiger partial charge in [-0.2, -0.15) is 0 Å². The van der Waals surface area contributed by atoms with Crippen LogP contribution in [0.2, 0.25) is 10.0 Å². The van der Waals surface area contributed by atoms with E-state index < -0.39 is 0 Å². The van der Waals surface area contributed by atoms with Crippen molar-refractivity contribution in [3.63, 3.8) is 0 Å². The Balaban J connectivity index is 0.000000167. The second-order valence-corrected chi connectivity index (χ2v) is 19.0. The van der Waals surface area contributed by atoms with Crippen LogP contribution in [-0.2, 0) is 16.0 Å². The van der Waals surface area contributed by atoms with Crippen LogP contribution in [0.3, 0.4) is 0 Å². The van der Waals surface area contributed by atoms with Gasteiger partial charge in [-0.1, -0.05) is 23.2 Å². The van der Waals surface area contributed by atoms with Crippen molar-refractivity contribution in [2.45, 2.75) is 64.5 Å². The summed E-state index contributed by atoms with van der Waals surface area (Å²) in [5, 5.41) is 16.9. The number of pyridine rings is 2. The maximum Gasteiger partial charge on any atom is 0.229 e. The first-order valence-electron chi connectivity index (χ1n) is 23.1. The van der Waals surface area contributed by atoms with E-state index in [-0.39, 0.29) is 36.4 Å². The number of halogens is 2. The van der Waals surface area contributed by atoms with Crippen molar-refractivity contribution < 1.29 is 14.4 Å². The summed E-state index contributed by atoms with van der Waals surface area (Å²) in [5.74, 6) is 1.80. The first kappa shape index (κ1) is 51.0. The molecule has 5 aromatic rings. The standard InChI is InChI=1S/C24H26ClN7O.C13H13ClN2O2.C13H22N6/c1-14-19(5-6-21(27-14)28-17-7-9-32(2)10-8-17)30-24-26-13-15-11-22(33)29-20-12-16(25)3-4-18(20)23(15)31-24;1-16(2)7-8-5-12(17)15-11-6-9(14)3-4-10(11)13(8)18;1-9-11(18-13(14)15)3-4-12(16-9)17-10-5-7-19(2)8-6-10/h3-6,12-13,17H,7-11H2,1-2H3,(H,27,28)(H,29,33)(H,26,30,31);3-4,6-7H,5H2,1-2H3,(H,15,17);3-4,10H,5-8H2,1-2H3,(H,16,17)(H4,14,15,18)/b;8-7+;. The number of rotatable bonds is 8. The molecule has 2 amide bonds. The summed E-state index contributed by atoms with van der Waals surface area (Å²) >= 11 is 12.0. The zero-order chi connectivity index (χ0) is 50.1. The molecule has 18 nitrogen and oxygen atoms in total. The minimum atomic E-state index is -0.211. The molecule has 0 saturated carbocycles. The Morgan fingerprint density at radius 3 is 1.84 bits per heavy atom. The zero-order valence-electron chi connectivity index (χ0n) is 40.4. The number of nitrogens with one attached hydrogen (secondary N) is 5. The van der Waals surface area contributed by atoms with E-state index in [9.17, 15) is 14.4 Å². The van der Waals surface area contributed by atoms with Gasteiger partial charge in [0.25, 0.3) is 0 Å². The van der Waals surface area contributed by atoms with Crippen molar-refractivity contribution in [3.8, 4) is 11.3 Å². The Labute approximate surface area is 418 Å². The number of ketones is 1. The van der Waals surface area contributed by atoms with Crippen molar-refractivity contribution in [1.29, 1.82) is 0 Å². The number of nitrogens with two attached hydrogens (primary N) is 2. The third-order valence-electron chi connectivity index (χ3n) is 12.1.